The van der Waals surface area contributed by atoms with Crippen molar-refractivity contribution in [2.24, 2.45) is 0 Å². The van der Waals surface area contributed by atoms with Crippen LogP contribution in [0.5, 0.6) is 0 Å². The molecule has 1 fully saturated rings. The largest absolute Gasteiger partial charge is 0.325 e. The number of hydrogen-bond acceptors (Lipinski definition) is 3. The van der Waals surface area contributed by atoms with Crippen molar-refractivity contribution in [1.29, 1.82) is 0 Å². The van der Waals surface area contributed by atoms with Crippen molar-refractivity contribution in [3.63, 3.8) is 0 Å². The van der Waals surface area contributed by atoms with Gasteiger partial charge in [-0.05, 0) is 49.7 Å². The quantitative estimate of drug-likeness (QED) is 0.787. The molecule has 0 aromatic heterocycles. The Kier molecular flexibility index (Phi) is 4.84. The minimum Gasteiger partial charge on any atom is -0.322 e. The molecule has 1 aliphatic rings. The Balaban J connectivity index is 1.80. The number of anilines is 1. The van der Waals surface area contributed by atoms with Crippen LogP contribution in [0.4, 0.5) is 23.7 Å². The molecule has 0 spiro atoms. The lowest BCUT2D eigenvalue weighted by molar-refractivity contribution is -0.133. The van der Waals surface area contributed by atoms with Crippen LogP contribution in [-0.2, 0) is 15.1 Å². The van der Waals surface area contributed by atoms with E-state index in [9.17, 15) is 27.6 Å². The molecule has 9 heteroatoms. The zero-order valence-electron chi connectivity index (χ0n) is 15.0. The third-order valence-electron chi connectivity index (χ3n) is 4.44. The lowest BCUT2D eigenvalue weighted by Gasteiger charge is -2.22. The average Bonchev–Trinajstić information content (AvgIpc) is 2.83. The van der Waals surface area contributed by atoms with Crippen molar-refractivity contribution in [2.75, 3.05) is 11.9 Å². The monoisotopic (exact) mass is 391 g/mol. The van der Waals surface area contributed by atoms with Crippen LogP contribution in [0.3, 0.4) is 0 Å². The number of nitrogens with one attached hydrogen (secondary N) is 2. The molecule has 1 heterocycles. The summed E-state index contributed by atoms with van der Waals surface area (Å²) in [5.41, 5.74) is -1.70. The number of aryl methyl sites for hydroxylation is 1. The number of halogens is 3. The Morgan fingerprint density at radius 3 is 2.50 bits per heavy atom. The highest BCUT2D eigenvalue weighted by atomic mass is 19.1. The Hall–Kier alpha value is -3.36. The molecule has 0 unspecified atom stereocenters. The summed E-state index contributed by atoms with van der Waals surface area (Å²) < 4.78 is 41.5. The van der Waals surface area contributed by atoms with E-state index in [0.717, 1.165) is 18.2 Å². The smallest absolute Gasteiger partial charge is 0.322 e. The molecule has 28 heavy (non-hydrogen) atoms. The summed E-state index contributed by atoms with van der Waals surface area (Å²) in [4.78, 5) is 37.6. The van der Waals surface area contributed by atoms with Crippen LogP contribution in [0.15, 0.2) is 36.4 Å². The van der Waals surface area contributed by atoms with Crippen molar-refractivity contribution in [3.8, 4) is 0 Å². The molecule has 1 atom stereocenters. The molecule has 146 valence electrons. The van der Waals surface area contributed by atoms with Crippen LogP contribution >= 0.6 is 0 Å². The van der Waals surface area contributed by atoms with Crippen LogP contribution in [-0.4, -0.2) is 29.3 Å². The normalized spacial score (nSPS) is 19.0. The van der Waals surface area contributed by atoms with E-state index in [-0.39, 0.29) is 11.3 Å². The van der Waals surface area contributed by atoms with Crippen LogP contribution in [0, 0.1) is 24.4 Å². The van der Waals surface area contributed by atoms with Crippen molar-refractivity contribution >= 4 is 23.5 Å². The summed E-state index contributed by atoms with van der Waals surface area (Å²) in [7, 11) is 0. The number of carbonyl (C=O) groups excluding carboxylic acids is 3. The van der Waals surface area contributed by atoms with E-state index in [1.807, 2.05) is 0 Å². The standard InChI is InChI=1S/C19H16F3N3O3/c1-10-3-6-15(14(22)7-10)23-16(26)9-25-17(27)19(2,24-18(25)28)12-8-11(20)4-5-13(12)21/h3-8H,9H2,1-2H3,(H,23,26)(H,24,28)/t19-/m1/s1. The van der Waals surface area contributed by atoms with E-state index in [1.165, 1.54) is 19.1 Å². The fourth-order valence-corrected chi connectivity index (χ4v) is 2.96. The zero-order chi connectivity index (χ0) is 20.6. The van der Waals surface area contributed by atoms with Crippen LogP contribution in [0.2, 0.25) is 0 Å². The van der Waals surface area contributed by atoms with Gasteiger partial charge in [0.1, 0.15) is 29.5 Å². The number of amides is 4. The van der Waals surface area contributed by atoms with E-state index < -0.39 is 47.4 Å². The molecule has 4 amide bonds. The summed E-state index contributed by atoms with van der Waals surface area (Å²) in [6, 6.07) is 5.72. The molecule has 0 saturated carbocycles. The molecule has 2 aromatic rings. The first-order valence-electron chi connectivity index (χ1n) is 8.27. The molecule has 6 nitrogen and oxygen atoms in total. The van der Waals surface area contributed by atoms with Gasteiger partial charge in [-0.15, -0.1) is 0 Å². The fraction of sp³-hybridized carbons (Fsp3) is 0.211. The van der Waals surface area contributed by atoms with Gasteiger partial charge in [-0.3, -0.25) is 14.5 Å². The van der Waals surface area contributed by atoms with Gasteiger partial charge in [0.25, 0.3) is 5.91 Å². The molecule has 0 radical (unpaired) electrons. The highest BCUT2D eigenvalue weighted by Crippen LogP contribution is 2.31. The number of hydrogen-bond donors (Lipinski definition) is 2. The topological polar surface area (TPSA) is 78.5 Å². The van der Waals surface area contributed by atoms with Gasteiger partial charge < -0.3 is 10.6 Å². The number of nitrogens with zero attached hydrogens (tertiary/aromatic N) is 1. The maximum atomic E-state index is 14.1. The van der Waals surface area contributed by atoms with Gasteiger partial charge in [0, 0.05) is 5.56 Å². The van der Waals surface area contributed by atoms with Crippen molar-refractivity contribution in [1.82, 2.24) is 10.2 Å². The van der Waals surface area contributed by atoms with E-state index in [1.54, 1.807) is 13.0 Å². The second-order valence-corrected chi connectivity index (χ2v) is 6.60. The summed E-state index contributed by atoms with van der Waals surface area (Å²) in [5.74, 6) is -4.09. The predicted molar refractivity (Wildman–Crippen MR) is 93.7 cm³/mol. The predicted octanol–water partition coefficient (Wildman–Crippen LogP) is 2.82. The molecule has 0 bridgehead atoms. The highest BCUT2D eigenvalue weighted by Gasteiger charge is 2.50. The van der Waals surface area contributed by atoms with Crippen molar-refractivity contribution in [3.05, 3.63) is 65.0 Å². The van der Waals surface area contributed by atoms with Gasteiger partial charge in [-0.2, -0.15) is 0 Å². The molecule has 1 saturated heterocycles. The third kappa shape index (κ3) is 3.42. The van der Waals surface area contributed by atoms with Crippen LogP contribution < -0.4 is 10.6 Å². The molecule has 1 aliphatic heterocycles. The molecule has 3 rings (SSSR count). The van der Waals surface area contributed by atoms with Gasteiger partial charge >= 0.3 is 6.03 Å². The number of benzene rings is 2. The first-order chi connectivity index (χ1) is 13.1. The molecule has 0 aliphatic carbocycles. The Morgan fingerprint density at radius 2 is 1.82 bits per heavy atom. The van der Waals surface area contributed by atoms with Gasteiger partial charge in [0.2, 0.25) is 5.91 Å². The molecular formula is C19H16F3N3O3. The van der Waals surface area contributed by atoms with Gasteiger partial charge in [0.15, 0.2) is 0 Å². The maximum absolute atomic E-state index is 14.1. The Morgan fingerprint density at radius 1 is 1.11 bits per heavy atom. The average molecular weight is 391 g/mol. The highest BCUT2D eigenvalue weighted by molar-refractivity contribution is 6.10. The van der Waals surface area contributed by atoms with Gasteiger partial charge in [-0.25, -0.2) is 18.0 Å². The SMILES string of the molecule is Cc1ccc(NC(=O)CN2C(=O)N[C@](C)(c3cc(F)ccc3F)C2=O)c(F)c1. The molecule has 2 N–H and O–H groups in total. The van der Waals surface area contributed by atoms with Gasteiger partial charge in [-0.1, -0.05) is 6.07 Å². The molecule has 2 aromatic carbocycles. The number of rotatable bonds is 4. The lowest BCUT2D eigenvalue weighted by atomic mass is 9.91. The second kappa shape index (κ2) is 6.99. The number of urea groups is 1. The first-order valence-corrected chi connectivity index (χ1v) is 8.27. The van der Waals surface area contributed by atoms with Crippen LogP contribution in [0.1, 0.15) is 18.1 Å². The zero-order valence-corrected chi connectivity index (χ0v) is 15.0. The second-order valence-electron chi connectivity index (χ2n) is 6.60. The van der Waals surface area contributed by atoms with E-state index >= 15 is 0 Å². The Bertz CT molecular complexity index is 996. The van der Waals surface area contributed by atoms with Crippen LogP contribution in [0.25, 0.3) is 0 Å². The third-order valence-corrected chi connectivity index (χ3v) is 4.44. The summed E-state index contributed by atoms with van der Waals surface area (Å²) in [6.45, 7) is 2.17. The maximum Gasteiger partial charge on any atom is 0.325 e. The minimum atomic E-state index is -1.88. The summed E-state index contributed by atoms with van der Waals surface area (Å²) >= 11 is 0. The summed E-state index contributed by atoms with van der Waals surface area (Å²) in [6.07, 6.45) is 0. The van der Waals surface area contributed by atoms with E-state index in [2.05, 4.69) is 10.6 Å². The molecular weight excluding hydrogens is 375 g/mol. The lowest BCUT2D eigenvalue weighted by Crippen LogP contribution is -2.42. The van der Waals surface area contributed by atoms with Crippen molar-refractivity contribution < 1.29 is 27.6 Å². The number of imide groups is 1. The number of carbonyl (C=O) groups is 3. The minimum absolute atomic E-state index is 0.110. The summed E-state index contributed by atoms with van der Waals surface area (Å²) in [5, 5.41) is 4.55. The van der Waals surface area contributed by atoms with E-state index in [0.29, 0.717) is 10.5 Å². The van der Waals surface area contributed by atoms with Gasteiger partial charge in [0.05, 0.1) is 5.69 Å². The van der Waals surface area contributed by atoms with Crippen molar-refractivity contribution in [2.45, 2.75) is 19.4 Å². The first kappa shape index (κ1) is 19.4. The van der Waals surface area contributed by atoms with E-state index in [4.69, 9.17) is 0 Å². The Labute approximate surface area is 158 Å². The fourth-order valence-electron chi connectivity index (χ4n) is 2.96.